The lowest BCUT2D eigenvalue weighted by Crippen LogP contribution is -2.46. The van der Waals surface area contributed by atoms with Crippen molar-refractivity contribution in [3.63, 3.8) is 0 Å². The molecule has 0 unspecified atom stereocenters. The van der Waals surface area contributed by atoms with Crippen molar-refractivity contribution in [2.45, 2.75) is 0 Å². The average molecular weight is 366 g/mol. The molecule has 138 valence electrons. The van der Waals surface area contributed by atoms with Crippen LogP contribution in [-0.4, -0.2) is 37.1 Å². The van der Waals surface area contributed by atoms with Gasteiger partial charge in [-0.15, -0.1) is 0 Å². The second-order valence-electron chi connectivity index (χ2n) is 6.26. The van der Waals surface area contributed by atoms with Gasteiger partial charge >= 0.3 is 0 Å². The first kappa shape index (κ1) is 17.1. The Morgan fingerprint density at radius 2 is 1.78 bits per heavy atom. The van der Waals surface area contributed by atoms with E-state index in [0.717, 1.165) is 31.9 Å². The number of furan rings is 1. The van der Waals surface area contributed by atoms with Gasteiger partial charge in [0.1, 0.15) is 11.6 Å². The number of hydrogen-bond donors (Lipinski definition) is 1. The van der Waals surface area contributed by atoms with E-state index in [-0.39, 0.29) is 17.5 Å². The molecule has 4 rings (SSSR count). The van der Waals surface area contributed by atoms with Crippen LogP contribution in [-0.2, 0) is 0 Å². The van der Waals surface area contributed by atoms with Crippen LogP contribution in [0.1, 0.15) is 10.6 Å². The second kappa shape index (κ2) is 7.49. The smallest absolute Gasteiger partial charge is 0.292 e. The summed E-state index contributed by atoms with van der Waals surface area (Å²) in [6, 6.07) is 13.8. The van der Waals surface area contributed by atoms with Crippen molar-refractivity contribution in [1.29, 1.82) is 0 Å². The van der Waals surface area contributed by atoms with Crippen molar-refractivity contribution in [3.8, 4) is 0 Å². The van der Waals surface area contributed by atoms with Gasteiger partial charge in [0.15, 0.2) is 5.76 Å². The Kier molecular flexibility index (Phi) is 4.74. The first-order valence-electron chi connectivity index (χ1n) is 8.76. The molecule has 1 N–H and O–H groups in total. The summed E-state index contributed by atoms with van der Waals surface area (Å²) in [7, 11) is 0. The molecule has 1 aliphatic rings. The van der Waals surface area contributed by atoms with Crippen molar-refractivity contribution < 1.29 is 13.6 Å². The molecule has 0 spiro atoms. The van der Waals surface area contributed by atoms with E-state index in [4.69, 9.17) is 4.42 Å². The van der Waals surface area contributed by atoms with Gasteiger partial charge in [-0.3, -0.25) is 4.79 Å². The number of anilines is 3. The Balaban J connectivity index is 1.36. The first-order valence-corrected chi connectivity index (χ1v) is 8.76. The molecule has 0 saturated carbocycles. The number of benzene rings is 1. The number of carbonyl (C=O) groups excluding carboxylic acids is 1. The van der Waals surface area contributed by atoms with Crippen molar-refractivity contribution in [2.24, 2.45) is 0 Å². The zero-order chi connectivity index (χ0) is 18.6. The molecule has 3 aromatic rings. The van der Waals surface area contributed by atoms with Crippen LogP contribution in [0.4, 0.5) is 21.6 Å². The number of amides is 1. The van der Waals surface area contributed by atoms with E-state index in [1.54, 1.807) is 30.5 Å². The molecule has 27 heavy (non-hydrogen) atoms. The van der Waals surface area contributed by atoms with Gasteiger partial charge < -0.3 is 19.5 Å². The molecule has 1 aliphatic heterocycles. The van der Waals surface area contributed by atoms with Crippen LogP contribution >= 0.6 is 0 Å². The SMILES string of the molecule is O=C(Nc1ccc(N2CCN(c3ccccc3F)CC2)cn1)c1ccco1. The van der Waals surface area contributed by atoms with Crippen molar-refractivity contribution >= 4 is 23.1 Å². The summed E-state index contributed by atoms with van der Waals surface area (Å²) in [6.45, 7) is 3.01. The molecule has 0 bridgehead atoms. The summed E-state index contributed by atoms with van der Waals surface area (Å²) in [4.78, 5) is 20.5. The van der Waals surface area contributed by atoms with E-state index in [0.29, 0.717) is 11.5 Å². The molecular formula is C20H19FN4O2. The normalized spacial score (nSPS) is 14.3. The van der Waals surface area contributed by atoms with Crippen molar-refractivity contribution in [2.75, 3.05) is 41.3 Å². The van der Waals surface area contributed by atoms with Crippen molar-refractivity contribution in [3.05, 3.63) is 72.6 Å². The Labute approximate surface area is 156 Å². The van der Waals surface area contributed by atoms with Gasteiger partial charge in [0, 0.05) is 26.2 Å². The number of nitrogens with zero attached hydrogens (tertiary/aromatic N) is 3. The maximum Gasteiger partial charge on any atom is 0.292 e. The summed E-state index contributed by atoms with van der Waals surface area (Å²) in [5.41, 5.74) is 1.62. The molecule has 3 heterocycles. The summed E-state index contributed by atoms with van der Waals surface area (Å²) in [5.74, 6) is 0.179. The molecule has 0 aliphatic carbocycles. The van der Waals surface area contributed by atoms with E-state index in [1.165, 1.54) is 12.3 Å². The minimum Gasteiger partial charge on any atom is -0.459 e. The Hall–Kier alpha value is -3.35. The van der Waals surface area contributed by atoms with Gasteiger partial charge in [0.2, 0.25) is 0 Å². The predicted molar refractivity (Wildman–Crippen MR) is 102 cm³/mol. The van der Waals surface area contributed by atoms with E-state index in [1.807, 2.05) is 18.2 Å². The van der Waals surface area contributed by atoms with E-state index >= 15 is 0 Å². The fourth-order valence-electron chi connectivity index (χ4n) is 3.15. The number of hydrogen-bond acceptors (Lipinski definition) is 5. The predicted octanol–water partition coefficient (Wildman–Crippen LogP) is 3.39. The van der Waals surface area contributed by atoms with Crippen LogP contribution in [0, 0.1) is 5.82 Å². The second-order valence-corrected chi connectivity index (χ2v) is 6.26. The lowest BCUT2D eigenvalue weighted by molar-refractivity contribution is 0.0996. The first-order chi connectivity index (χ1) is 13.2. The molecule has 6 nitrogen and oxygen atoms in total. The molecule has 1 aromatic carbocycles. The number of pyridine rings is 1. The Morgan fingerprint density at radius 3 is 2.44 bits per heavy atom. The fraction of sp³-hybridized carbons (Fsp3) is 0.200. The monoisotopic (exact) mass is 366 g/mol. The third-order valence-electron chi connectivity index (χ3n) is 4.57. The fourth-order valence-corrected chi connectivity index (χ4v) is 3.15. The highest BCUT2D eigenvalue weighted by Gasteiger charge is 2.20. The highest BCUT2D eigenvalue weighted by molar-refractivity contribution is 6.01. The van der Waals surface area contributed by atoms with Crippen LogP contribution < -0.4 is 15.1 Å². The molecule has 7 heteroatoms. The lowest BCUT2D eigenvalue weighted by Gasteiger charge is -2.37. The Morgan fingerprint density at radius 1 is 1.00 bits per heavy atom. The molecule has 0 atom stereocenters. The number of piperazine rings is 1. The molecule has 0 radical (unpaired) electrons. The molecular weight excluding hydrogens is 347 g/mol. The summed E-state index contributed by atoms with van der Waals surface area (Å²) in [6.07, 6.45) is 3.18. The number of carbonyl (C=O) groups is 1. The number of nitrogens with one attached hydrogen (secondary N) is 1. The minimum absolute atomic E-state index is 0.190. The van der Waals surface area contributed by atoms with Crippen LogP contribution in [0.3, 0.4) is 0 Å². The van der Waals surface area contributed by atoms with Gasteiger partial charge in [-0.1, -0.05) is 12.1 Å². The molecule has 2 aromatic heterocycles. The summed E-state index contributed by atoms with van der Waals surface area (Å²) in [5, 5.41) is 2.70. The highest BCUT2D eigenvalue weighted by Crippen LogP contribution is 2.23. The maximum absolute atomic E-state index is 13.9. The van der Waals surface area contributed by atoms with E-state index in [2.05, 4.69) is 20.1 Å². The van der Waals surface area contributed by atoms with Gasteiger partial charge in [0.05, 0.1) is 23.8 Å². The zero-order valence-corrected chi connectivity index (χ0v) is 14.6. The quantitative estimate of drug-likeness (QED) is 0.767. The van der Waals surface area contributed by atoms with Crippen LogP contribution in [0.15, 0.2) is 65.4 Å². The van der Waals surface area contributed by atoms with E-state index < -0.39 is 0 Å². The Bertz CT molecular complexity index is 904. The van der Waals surface area contributed by atoms with Crippen LogP contribution in [0.5, 0.6) is 0 Å². The van der Waals surface area contributed by atoms with Crippen molar-refractivity contribution in [1.82, 2.24) is 4.98 Å². The van der Waals surface area contributed by atoms with Gasteiger partial charge in [-0.2, -0.15) is 0 Å². The zero-order valence-electron chi connectivity index (χ0n) is 14.6. The number of halogens is 1. The minimum atomic E-state index is -0.334. The van der Waals surface area contributed by atoms with Gasteiger partial charge in [-0.05, 0) is 36.4 Å². The third kappa shape index (κ3) is 3.76. The number of para-hydroxylation sites is 1. The standard InChI is InChI=1S/C20H19FN4O2/c21-16-4-1-2-5-17(16)25-11-9-24(10-12-25)15-7-8-19(22-14-15)23-20(26)18-6-3-13-27-18/h1-8,13-14H,9-12H2,(H,22,23,26). The molecule has 1 fully saturated rings. The lowest BCUT2D eigenvalue weighted by atomic mass is 10.2. The number of rotatable bonds is 4. The largest absolute Gasteiger partial charge is 0.459 e. The molecule has 1 amide bonds. The summed E-state index contributed by atoms with van der Waals surface area (Å²) >= 11 is 0. The third-order valence-corrected chi connectivity index (χ3v) is 4.57. The van der Waals surface area contributed by atoms with Crippen LogP contribution in [0.2, 0.25) is 0 Å². The molecule has 1 saturated heterocycles. The van der Waals surface area contributed by atoms with Crippen LogP contribution in [0.25, 0.3) is 0 Å². The van der Waals surface area contributed by atoms with E-state index in [9.17, 15) is 9.18 Å². The maximum atomic E-state index is 13.9. The average Bonchev–Trinajstić information content (AvgIpc) is 3.24. The number of aromatic nitrogens is 1. The van der Waals surface area contributed by atoms with Gasteiger partial charge in [-0.25, -0.2) is 9.37 Å². The summed E-state index contributed by atoms with van der Waals surface area (Å²) < 4.78 is 19.0. The topological polar surface area (TPSA) is 61.6 Å². The van der Waals surface area contributed by atoms with Gasteiger partial charge in [0.25, 0.3) is 5.91 Å². The highest BCUT2D eigenvalue weighted by atomic mass is 19.1.